The van der Waals surface area contributed by atoms with Crippen LogP contribution in [0.25, 0.3) is 16.9 Å². The van der Waals surface area contributed by atoms with Crippen LogP contribution in [0.4, 0.5) is 13.2 Å². The lowest BCUT2D eigenvalue weighted by atomic mass is 10.00. The summed E-state index contributed by atoms with van der Waals surface area (Å²) in [5.41, 5.74) is -0.612. The van der Waals surface area contributed by atoms with Gasteiger partial charge in [-0.1, -0.05) is 23.4 Å². The van der Waals surface area contributed by atoms with Gasteiger partial charge in [0.15, 0.2) is 5.03 Å². The Morgan fingerprint density at radius 1 is 1.11 bits per heavy atom. The maximum Gasteiger partial charge on any atom is 0.314 e. The van der Waals surface area contributed by atoms with E-state index in [-0.39, 0.29) is 22.5 Å². The van der Waals surface area contributed by atoms with Crippen LogP contribution >= 0.6 is 0 Å². The van der Waals surface area contributed by atoms with E-state index in [0.29, 0.717) is 11.3 Å². The largest absolute Gasteiger partial charge is 0.344 e. The smallest absolute Gasteiger partial charge is 0.314 e. The second-order valence-electron chi connectivity index (χ2n) is 10.1. The van der Waals surface area contributed by atoms with Gasteiger partial charge in [-0.25, -0.2) is 14.1 Å². The fraction of sp³-hybridized carbons (Fsp3) is 0.207. The van der Waals surface area contributed by atoms with Crippen molar-refractivity contribution in [1.29, 1.82) is 0 Å². The van der Waals surface area contributed by atoms with Gasteiger partial charge in [-0.2, -0.15) is 27.0 Å². The van der Waals surface area contributed by atoms with Crippen molar-refractivity contribution in [1.82, 2.24) is 40.1 Å². The summed E-state index contributed by atoms with van der Waals surface area (Å²) in [6.45, 7) is 1.15. The van der Waals surface area contributed by atoms with Crippen molar-refractivity contribution >= 4 is 16.0 Å². The number of carbonyl (C=O) groups excluding carboxylic acids is 1. The zero-order chi connectivity index (χ0) is 33.2. The number of rotatable bonds is 10. The Balaban J connectivity index is 1.37. The van der Waals surface area contributed by atoms with Crippen LogP contribution in [0.5, 0.6) is 0 Å². The molecule has 5 aromatic rings. The van der Waals surface area contributed by atoms with Gasteiger partial charge in [-0.15, -0.1) is 5.10 Å². The second kappa shape index (κ2) is 12.6. The lowest BCUT2D eigenvalue weighted by Gasteiger charge is -2.21. The van der Waals surface area contributed by atoms with Crippen LogP contribution in [-0.4, -0.2) is 55.7 Å². The Hall–Kier alpha value is -5.29. The minimum atomic E-state index is -4.65. The van der Waals surface area contributed by atoms with Gasteiger partial charge in [0.25, 0.3) is 17.4 Å². The molecule has 1 aromatic carbocycles. The average Bonchev–Trinajstić information content (AvgIpc) is 3.47. The van der Waals surface area contributed by atoms with Crippen molar-refractivity contribution < 1.29 is 30.6 Å². The van der Waals surface area contributed by atoms with Crippen molar-refractivity contribution in [2.24, 2.45) is 7.05 Å². The molecule has 1 amide bonds. The number of hydrogen-bond donors (Lipinski definition) is 1. The number of halogens is 3. The Labute approximate surface area is 259 Å². The Morgan fingerprint density at radius 2 is 1.89 bits per heavy atom. The number of pyridine rings is 2. The Morgan fingerprint density at radius 3 is 2.59 bits per heavy atom. The number of aryl methyl sites for hydroxylation is 2. The molecular weight excluding hydrogens is 629 g/mol. The van der Waals surface area contributed by atoms with E-state index in [1.54, 1.807) is 13.1 Å². The molecule has 4 aromatic heterocycles. The van der Waals surface area contributed by atoms with Gasteiger partial charge >= 0.3 is 10.1 Å². The van der Waals surface area contributed by atoms with Crippen LogP contribution in [0.2, 0.25) is 0 Å². The summed E-state index contributed by atoms with van der Waals surface area (Å²) in [6.07, 6.45) is 5.57. The molecule has 0 aliphatic heterocycles. The van der Waals surface area contributed by atoms with Crippen LogP contribution in [0.15, 0.2) is 83.1 Å². The molecule has 0 saturated heterocycles. The molecule has 1 atom stereocenters. The van der Waals surface area contributed by atoms with Crippen LogP contribution in [-0.2, 0) is 27.3 Å². The normalized spacial score (nSPS) is 12.6. The second-order valence-corrected chi connectivity index (χ2v) is 11.7. The molecule has 0 aliphatic rings. The van der Waals surface area contributed by atoms with Gasteiger partial charge in [-0.05, 0) is 44.2 Å². The van der Waals surface area contributed by atoms with Gasteiger partial charge in [0.2, 0.25) is 0 Å². The van der Waals surface area contributed by atoms with Gasteiger partial charge in [-0.3, -0.25) is 18.8 Å². The van der Waals surface area contributed by atoms with Gasteiger partial charge in [0.05, 0.1) is 35.4 Å². The van der Waals surface area contributed by atoms with Crippen LogP contribution in [0.1, 0.15) is 40.1 Å². The summed E-state index contributed by atoms with van der Waals surface area (Å²) in [7, 11) is -2.97. The summed E-state index contributed by atoms with van der Waals surface area (Å²) in [5, 5.41) is 13.8. The summed E-state index contributed by atoms with van der Waals surface area (Å²) in [5.74, 6) is -6.28. The highest BCUT2D eigenvalue weighted by Gasteiger charge is 2.38. The van der Waals surface area contributed by atoms with E-state index in [2.05, 4.69) is 34.9 Å². The highest BCUT2D eigenvalue weighted by atomic mass is 32.2. The fourth-order valence-corrected chi connectivity index (χ4v) is 5.30. The maximum atomic E-state index is 15.5. The predicted molar refractivity (Wildman–Crippen MR) is 156 cm³/mol. The zero-order valence-corrected chi connectivity index (χ0v) is 25.2. The predicted octanol–water partition coefficient (Wildman–Crippen LogP) is 3.25. The number of nitrogens with zero attached hydrogens (tertiary/aromatic N) is 7. The first-order valence-electron chi connectivity index (χ1n) is 13.5. The fourth-order valence-electron chi connectivity index (χ4n) is 4.44. The number of amides is 1. The van der Waals surface area contributed by atoms with Crippen LogP contribution < -0.4 is 10.9 Å². The zero-order valence-electron chi connectivity index (χ0n) is 24.4. The third-order valence-electron chi connectivity index (χ3n) is 6.83. The number of benzene rings is 1. The molecule has 0 bridgehead atoms. The van der Waals surface area contributed by atoms with Gasteiger partial charge in [0, 0.05) is 36.1 Å². The lowest BCUT2D eigenvalue weighted by molar-refractivity contribution is -0.0480. The highest BCUT2D eigenvalue weighted by molar-refractivity contribution is 7.86. The number of hydrogen-bond acceptors (Lipinski definition) is 10. The van der Waals surface area contributed by atoms with Crippen molar-refractivity contribution in [2.45, 2.75) is 30.8 Å². The summed E-state index contributed by atoms with van der Waals surface area (Å²) in [6, 6.07) is 8.63. The summed E-state index contributed by atoms with van der Waals surface area (Å²) >= 11 is 0. The average molecular weight is 655 g/mol. The summed E-state index contributed by atoms with van der Waals surface area (Å²) in [4.78, 5) is 33.9. The van der Waals surface area contributed by atoms with Gasteiger partial charge < -0.3 is 5.32 Å². The first-order valence-corrected chi connectivity index (χ1v) is 14.9. The van der Waals surface area contributed by atoms with Crippen LogP contribution in [0.3, 0.4) is 0 Å². The third-order valence-corrected chi connectivity index (χ3v) is 8.01. The SMILES string of the molecule is Cc1cc(C(=O)N[C@H](C)c2cccc(C(F)(F)COS(=O)(=O)c3ccccn3)c2F)nn(-c2cncc(-c3cnnn3C)c2)c1=O. The maximum absolute atomic E-state index is 15.5. The molecule has 238 valence electrons. The molecule has 0 unspecified atom stereocenters. The molecule has 46 heavy (non-hydrogen) atoms. The van der Waals surface area contributed by atoms with E-state index in [1.807, 2.05) is 0 Å². The minimum absolute atomic E-state index is 0.161. The monoisotopic (exact) mass is 654 g/mol. The van der Waals surface area contributed by atoms with E-state index >= 15 is 13.2 Å². The first-order chi connectivity index (χ1) is 21.8. The third kappa shape index (κ3) is 6.54. The minimum Gasteiger partial charge on any atom is -0.344 e. The van der Waals surface area contributed by atoms with Crippen molar-refractivity contribution in [3.8, 4) is 16.9 Å². The van der Waals surface area contributed by atoms with E-state index in [4.69, 9.17) is 0 Å². The molecule has 0 spiro atoms. The van der Waals surface area contributed by atoms with Crippen molar-refractivity contribution in [3.63, 3.8) is 0 Å². The molecule has 0 radical (unpaired) electrons. The van der Waals surface area contributed by atoms with Crippen molar-refractivity contribution in [3.05, 3.63) is 112 Å². The van der Waals surface area contributed by atoms with Gasteiger partial charge in [0.1, 0.15) is 18.1 Å². The van der Waals surface area contributed by atoms with Crippen LogP contribution in [0, 0.1) is 12.7 Å². The first kappa shape index (κ1) is 32.1. The molecule has 13 nitrogen and oxygen atoms in total. The van der Waals surface area contributed by atoms with Crippen molar-refractivity contribution in [2.75, 3.05) is 6.61 Å². The number of carbonyl (C=O) groups is 1. The van der Waals surface area contributed by atoms with E-state index in [1.165, 1.54) is 61.4 Å². The molecule has 0 fully saturated rings. The molecule has 0 aliphatic carbocycles. The molecule has 17 heteroatoms. The lowest BCUT2D eigenvalue weighted by Crippen LogP contribution is -2.32. The Kier molecular flexibility index (Phi) is 8.80. The summed E-state index contributed by atoms with van der Waals surface area (Å²) < 4.78 is 77.1. The quantitative estimate of drug-likeness (QED) is 0.221. The number of aromatic nitrogens is 7. The number of alkyl halides is 2. The van der Waals surface area contributed by atoms with E-state index < -0.39 is 56.6 Å². The Bertz CT molecular complexity index is 2090. The standard InChI is InChI=1S/C29H25F3N8O5S/c1-17-11-23(37-40(28(17)42)20-12-19(13-33-14-20)24-15-35-38-39(24)3)27(41)36-18(2)21-7-6-8-22(26(21)30)29(31,32)16-45-46(43,44)25-9-4-5-10-34-25/h4-15,18H,16H2,1-3H3,(H,36,41)/t18-/m1/s1. The topological polar surface area (TPSA) is 164 Å². The molecule has 1 N–H and O–H groups in total. The van der Waals surface area contributed by atoms with E-state index in [0.717, 1.165) is 29.1 Å². The highest BCUT2D eigenvalue weighted by Crippen LogP contribution is 2.34. The number of nitrogens with one attached hydrogen (secondary N) is 1. The van der Waals surface area contributed by atoms with E-state index in [9.17, 15) is 18.0 Å². The molecule has 0 saturated carbocycles. The molecular formula is C29H25F3N8O5S. The molecule has 5 rings (SSSR count). The molecule has 4 heterocycles.